The third-order valence-electron chi connectivity index (χ3n) is 4.57. The second-order valence-corrected chi connectivity index (χ2v) is 6.91. The van der Waals surface area contributed by atoms with Crippen LogP contribution in [0.5, 0.6) is 0 Å². The van der Waals surface area contributed by atoms with Gasteiger partial charge in [-0.1, -0.05) is 88.6 Å². The van der Waals surface area contributed by atoms with E-state index in [0.29, 0.717) is 13.0 Å². The number of carboxylic acid groups (broad SMARTS) is 1. The van der Waals surface area contributed by atoms with Crippen molar-refractivity contribution in [2.24, 2.45) is 0 Å². The number of hydrogen-bond donors (Lipinski definition) is 3. The molecule has 0 aliphatic carbocycles. The normalized spacial score (nSPS) is 13.5. The number of nitrogens with one attached hydrogen (secondary N) is 1. The van der Waals surface area contributed by atoms with Crippen LogP contribution in [0.25, 0.3) is 0 Å². The minimum atomic E-state index is -0.872. The van der Waals surface area contributed by atoms with Crippen molar-refractivity contribution in [3.8, 4) is 0 Å². The van der Waals surface area contributed by atoms with Crippen LogP contribution in [0.4, 0.5) is 0 Å². The largest absolute Gasteiger partial charge is 0.480 e. The summed E-state index contributed by atoms with van der Waals surface area (Å²) in [6.45, 7) is 2.56. The average molecular weight is 350 g/mol. The summed E-state index contributed by atoms with van der Waals surface area (Å²) in [5.74, 6) is -0.872. The summed E-state index contributed by atoms with van der Waals surface area (Å²) in [6.07, 6.45) is 10.6. The van der Waals surface area contributed by atoms with E-state index >= 15 is 0 Å². The molecule has 0 fully saturated rings. The predicted octanol–water partition coefficient (Wildman–Crippen LogP) is 4.16. The van der Waals surface area contributed by atoms with E-state index in [1.807, 2.05) is 30.3 Å². The van der Waals surface area contributed by atoms with Gasteiger partial charge in [0.25, 0.3) is 0 Å². The lowest BCUT2D eigenvalue weighted by Crippen LogP contribution is -2.42. The summed E-state index contributed by atoms with van der Waals surface area (Å²) in [7, 11) is 0. The highest BCUT2D eigenvalue weighted by atomic mass is 16.4. The molecule has 0 aliphatic heterocycles. The second kappa shape index (κ2) is 13.9. The average Bonchev–Trinajstić information content (AvgIpc) is 2.61. The van der Waals surface area contributed by atoms with Gasteiger partial charge in [-0.3, -0.25) is 4.79 Å². The molecule has 142 valence electrons. The van der Waals surface area contributed by atoms with E-state index in [1.54, 1.807) is 0 Å². The molecular weight excluding hydrogens is 314 g/mol. The molecule has 0 spiro atoms. The number of aliphatic hydroxyl groups excluding tert-OH is 1. The molecule has 0 aliphatic rings. The molecule has 25 heavy (non-hydrogen) atoms. The summed E-state index contributed by atoms with van der Waals surface area (Å²) < 4.78 is 0. The van der Waals surface area contributed by atoms with Crippen molar-refractivity contribution in [1.82, 2.24) is 5.32 Å². The first-order valence-electron chi connectivity index (χ1n) is 9.81. The van der Waals surface area contributed by atoms with Gasteiger partial charge in [0.1, 0.15) is 6.04 Å². The molecule has 0 heterocycles. The van der Waals surface area contributed by atoms with E-state index in [-0.39, 0.29) is 0 Å². The monoisotopic (exact) mass is 349 g/mol. The van der Waals surface area contributed by atoms with Gasteiger partial charge in [0, 0.05) is 6.54 Å². The van der Waals surface area contributed by atoms with Crippen molar-refractivity contribution >= 4 is 5.97 Å². The minimum Gasteiger partial charge on any atom is -0.480 e. The van der Waals surface area contributed by atoms with Crippen molar-refractivity contribution in [3.05, 3.63) is 35.9 Å². The molecule has 2 unspecified atom stereocenters. The van der Waals surface area contributed by atoms with Gasteiger partial charge in [0.15, 0.2) is 0 Å². The molecule has 0 bridgehead atoms. The number of unbranched alkanes of at least 4 members (excludes halogenated alkanes) is 7. The zero-order chi connectivity index (χ0) is 18.3. The first-order valence-corrected chi connectivity index (χ1v) is 9.81. The van der Waals surface area contributed by atoms with E-state index < -0.39 is 18.1 Å². The molecule has 1 aromatic rings. The summed E-state index contributed by atoms with van der Waals surface area (Å²) >= 11 is 0. The van der Waals surface area contributed by atoms with E-state index in [4.69, 9.17) is 0 Å². The smallest absolute Gasteiger partial charge is 0.321 e. The lowest BCUT2D eigenvalue weighted by Gasteiger charge is -2.17. The minimum absolute atomic E-state index is 0.334. The number of carbonyl (C=O) groups is 1. The number of benzene rings is 1. The Morgan fingerprint density at radius 3 is 2.20 bits per heavy atom. The lowest BCUT2D eigenvalue weighted by molar-refractivity contribution is -0.139. The maximum Gasteiger partial charge on any atom is 0.321 e. The maximum atomic E-state index is 11.4. The van der Waals surface area contributed by atoms with Crippen molar-refractivity contribution < 1.29 is 15.0 Å². The Hall–Kier alpha value is -1.39. The predicted molar refractivity (Wildman–Crippen MR) is 103 cm³/mol. The lowest BCUT2D eigenvalue weighted by atomic mass is 10.0. The molecule has 2 atom stereocenters. The summed E-state index contributed by atoms with van der Waals surface area (Å²) in [5.41, 5.74) is 0.986. The van der Waals surface area contributed by atoms with E-state index in [9.17, 15) is 15.0 Å². The molecule has 1 aromatic carbocycles. The van der Waals surface area contributed by atoms with Crippen molar-refractivity contribution in [1.29, 1.82) is 0 Å². The molecular formula is C21H35NO3. The highest BCUT2D eigenvalue weighted by Gasteiger charge is 2.18. The van der Waals surface area contributed by atoms with Gasteiger partial charge in [-0.25, -0.2) is 0 Å². The van der Waals surface area contributed by atoms with Crippen LogP contribution in [0.3, 0.4) is 0 Å². The molecule has 3 N–H and O–H groups in total. The Kier molecular flexibility index (Phi) is 12.0. The molecule has 4 heteroatoms. The Morgan fingerprint density at radius 2 is 1.60 bits per heavy atom. The van der Waals surface area contributed by atoms with Gasteiger partial charge >= 0.3 is 5.97 Å². The van der Waals surface area contributed by atoms with Gasteiger partial charge in [0.2, 0.25) is 0 Å². The SMILES string of the molecule is CCCCCCCCCCC(O)CNC(Cc1ccccc1)C(=O)O. The third kappa shape index (κ3) is 11.0. The van der Waals surface area contributed by atoms with Crippen LogP contribution in [0.1, 0.15) is 70.3 Å². The number of aliphatic carboxylic acids is 1. The second-order valence-electron chi connectivity index (χ2n) is 6.91. The van der Waals surface area contributed by atoms with E-state index in [1.165, 1.54) is 38.5 Å². The van der Waals surface area contributed by atoms with Crippen LogP contribution < -0.4 is 5.32 Å². The Morgan fingerprint density at radius 1 is 1.00 bits per heavy atom. The topological polar surface area (TPSA) is 69.6 Å². The van der Waals surface area contributed by atoms with Crippen LogP contribution in [0, 0.1) is 0 Å². The van der Waals surface area contributed by atoms with Crippen LogP contribution in [0.15, 0.2) is 30.3 Å². The number of hydrogen-bond acceptors (Lipinski definition) is 3. The fraction of sp³-hybridized carbons (Fsp3) is 0.667. The van der Waals surface area contributed by atoms with Gasteiger partial charge in [0.05, 0.1) is 6.10 Å². The Labute approximate surface area is 152 Å². The third-order valence-corrected chi connectivity index (χ3v) is 4.57. The zero-order valence-electron chi connectivity index (χ0n) is 15.6. The molecule has 0 aromatic heterocycles. The van der Waals surface area contributed by atoms with Crippen molar-refractivity contribution in [2.75, 3.05) is 6.54 Å². The van der Waals surface area contributed by atoms with Gasteiger partial charge in [-0.15, -0.1) is 0 Å². The molecule has 4 nitrogen and oxygen atoms in total. The summed E-state index contributed by atoms with van der Waals surface area (Å²) in [5, 5.41) is 22.4. The Balaban J connectivity index is 2.14. The maximum absolute atomic E-state index is 11.4. The highest BCUT2D eigenvalue weighted by molar-refractivity contribution is 5.73. The van der Waals surface area contributed by atoms with E-state index in [2.05, 4.69) is 12.2 Å². The van der Waals surface area contributed by atoms with Crippen LogP contribution in [-0.2, 0) is 11.2 Å². The van der Waals surface area contributed by atoms with Gasteiger partial charge < -0.3 is 15.5 Å². The summed E-state index contributed by atoms with van der Waals surface area (Å²) in [4.78, 5) is 11.4. The van der Waals surface area contributed by atoms with Gasteiger partial charge in [-0.2, -0.15) is 0 Å². The molecule has 0 radical (unpaired) electrons. The fourth-order valence-electron chi connectivity index (χ4n) is 2.99. The molecule has 0 saturated carbocycles. The fourth-order valence-corrected chi connectivity index (χ4v) is 2.99. The number of carboxylic acids is 1. The molecule has 1 rings (SSSR count). The zero-order valence-corrected chi connectivity index (χ0v) is 15.6. The Bertz CT molecular complexity index is 450. The first kappa shape index (κ1) is 21.7. The van der Waals surface area contributed by atoms with Gasteiger partial charge in [-0.05, 0) is 18.4 Å². The molecule has 0 amide bonds. The molecule has 0 saturated heterocycles. The van der Waals surface area contributed by atoms with Crippen LogP contribution >= 0.6 is 0 Å². The standard InChI is InChI=1S/C21H35NO3/c1-2-3-4-5-6-7-8-12-15-19(23)17-22-20(21(24)25)16-18-13-10-9-11-14-18/h9-11,13-14,19-20,22-23H,2-8,12,15-17H2,1H3,(H,24,25). The highest BCUT2D eigenvalue weighted by Crippen LogP contribution is 2.11. The summed E-state index contributed by atoms with van der Waals surface area (Å²) in [6, 6.07) is 8.93. The number of rotatable bonds is 15. The first-order chi connectivity index (χ1) is 12.1. The van der Waals surface area contributed by atoms with Crippen molar-refractivity contribution in [2.45, 2.75) is 83.3 Å². The van der Waals surface area contributed by atoms with Crippen LogP contribution in [-0.4, -0.2) is 34.9 Å². The van der Waals surface area contributed by atoms with Crippen molar-refractivity contribution in [3.63, 3.8) is 0 Å². The quantitative estimate of drug-likeness (QED) is 0.416. The number of aliphatic hydroxyl groups is 1. The van der Waals surface area contributed by atoms with Crippen LogP contribution in [0.2, 0.25) is 0 Å². The van der Waals surface area contributed by atoms with E-state index in [0.717, 1.165) is 24.8 Å².